The van der Waals surface area contributed by atoms with Crippen molar-refractivity contribution in [2.45, 2.75) is 19.0 Å². The van der Waals surface area contributed by atoms with Crippen LogP contribution >= 0.6 is 0 Å². The second-order valence-electron chi connectivity index (χ2n) is 5.83. The van der Waals surface area contributed by atoms with Crippen molar-refractivity contribution < 1.29 is 27.9 Å². The maximum absolute atomic E-state index is 12.5. The lowest BCUT2D eigenvalue weighted by Gasteiger charge is -2.38. The summed E-state index contributed by atoms with van der Waals surface area (Å²) < 4.78 is 37.4. The molecule has 0 aromatic heterocycles. The summed E-state index contributed by atoms with van der Waals surface area (Å²) in [7, 11) is 0. The molecule has 2 aliphatic heterocycles. The van der Waals surface area contributed by atoms with Gasteiger partial charge in [-0.25, -0.2) is 4.79 Å². The second kappa shape index (κ2) is 6.72. The highest BCUT2D eigenvalue weighted by Gasteiger charge is 2.43. The van der Waals surface area contributed by atoms with E-state index in [-0.39, 0.29) is 19.0 Å². The van der Waals surface area contributed by atoms with Gasteiger partial charge in [-0.1, -0.05) is 0 Å². The molecular formula is C13H20F3N3O3. The molecule has 1 unspecified atom stereocenters. The number of rotatable bonds is 2. The van der Waals surface area contributed by atoms with Crippen LogP contribution in [0.3, 0.4) is 0 Å². The molecule has 1 N–H and O–H groups in total. The lowest BCUT2D eigenvalue weighted by atomic mass is 9.97. The number of nitrogens with zero attached hydrogens (tertiary/aromatic N) is 3. The van der Waals surface area contributed by atoms with Crippen LogP contribution in [0.15, 0.2) is 0 Å². The van der Waals surface area contributed by atoms with Crippen molar-refractivity contribution in [3.8, 4) is 0 Å². The van der Waals surface area contributed by atoms with Crippen molar-refractivity contribution in [2.24, 2.45) is 5.92 Å². The lowest BCUT2D eigenvalue weighted by molar-refractivity contribution is -0.187. The molecule has 0 aliphatic carbocycles. The van der Waals surface area contributed by atoms with Crippen molar-refractivity contribution in [3.05, 3.63) is 0 Å². The van der Waals surface area contributed by atoms with Gasteiger partial charge < -0.3 is 14.9 Å². The summed E-state index contributed by atoms with van der Waals surface area (Å²) in [5.41, 5.74) is 0. The topological polar surface area (TPSA) is 64.1 Å². The van der Waals surface area contributed by atoms with Crippen molar-refractivity contribution in [2.75, 3.05) is 45.8 Å². The zero-order valence-electron chi connectivity index (χ0n) is 12.2. The molecule has 2 aliphatic rings. The first-order valence-corrected chi connectivity index (χ1v) is 7.33. The molecule has 0 radical (unpaired) electrons. The van der Waals surface area contributed by atoms with Gasteiger partial charge in [-0.05, 0) is 18.8 Å². The fraction of sp³-hybridized carbons (Fsp3) is 0.846. The molecule has 126 valence electrons. The van der Waals surface area contributed by atoms with Crippen LogP contribution in [0.25, 0.3) is 0 Å². The number of likely N-dealkylation sites (tertiary alicyclic amines) is 1. The molecule has 22 heavy (non-hydrogen) atoms. The summed E-state index contributed by atoms with van der Waals surface area (Å²) in [5.74, 6) is -1.75. The van der Waals surface area contributed by atoms with E-state index in [1.165, 1.54) is 4.90 Å². The molecule has 2 fully saturated rings. The molecule has 2 rings (SSSR count). The van der Waals surface area contributed by atoms with E-state index in [1.54, 1.807) is 0 Å². The van der Waals surface area contributed by atoms with E-state index >= 15 is 0 Å². The Labute approximate surface area is 126 Å². The maximum atomic E-state index is 12.5. The van der Waals surface area contributed by atoms with E-state index < -0.39 is 18.2 Å². The molecular weight excluding hydrogens is 303 g/mol. The molecule has 1 atom stereocenters. The van der Waals surface area contributed by atoms with E-state index in [2.05, 4.69) is 4.90 Å². The second-order valence-corrected chi connectivity index (χ2v) is 5.83. The minimum atomic E-state index is -4.81. The minimum Gasteiger partial charge on any atom is -0.465 e. The number of halogens is 3. The number of carbonyl (C=O) groups excluding carboxylic acids is 1. The van der Waals surface area contributed by atoms with Gasteiger partial charge in [0.25, 0.3) is 0 Å². The van der Waals surface area contributed by atoms with Gasteiger partial charge in [-0.2, -0.15) is 13.2 Å². The summed E-state index contributed by atoms with van der Waals surface area (Å²) in [4.78, 5) is 26.4. The van der Waals surface area contributed by atoms with Crippen LogP contribution in [-0.4, -0.2) is 83.8 Å². The summed E-state index contributed by atoms with van der Waals surface area (Å²) in [6.45, 7) is 2.86. The highest BCUT2D eigenvalue weighted by Crippen LogP contribution is 2.24. The van der Waals surface area contributed by atoms with Gasteiger partial charge in [0, 0.05) is 45.8 Å². The molecule has 9 heteroatoms. The van der Waals surface area contributed by atoms with Crippen molar-refractivity contribution in [1.82, 2.24) is 14.7 Å². The largest absolute Gasteiger partial charge is 0.471 e. The summed E-state index contributed by atoms with van der Waals surface area (Å²) in [5, 5.41) is 8.87. The number of hydrogen-bond donors (Lipinski definition) is 1. The Morgan fingerprint density at radius 3 is 2.23 bits per heavy atom. The molecule has 2 heterocycles. The predicted molar refractivity (Wildman–Crippen MR) is 71.4 cm³/mol. The summed E-state index contributed by atoms with van der Waals surface area (Å²) >= 11 is 0. The van der Waals surface area contributed by atoms with Crippen molar-refractivity contribution in [3.63, 3.8) is 0 Å². The Morgan fingerprint density at radius 1 is 1.05 bits per heavy atom. The van der Waals surface area contributed by atoms with Gasteiger partial charge in [0.05, 0.1) is 0 Å². The SMILES string of the molecule is O=C(O)N1CCN(CC2CCCN(C(=O)C(F)(F)F)C2)CC1. The monoisotopic (exact) mass is 323 g/mol. The third kappa shape index (κ3) is 4.25. The molecule has 0 aromatic carbocycles. The third-order valence-corrected chi connectivity index (χ3v) is 4.21. The van der Waals surface area contributed by atoms with Crippen molar-refractivity contribution in [1.29, 1.82) is 0 Å². The normalized spacial score (nSPS) is 24.4. The first-order valence-electron chi connectivity index (χ1n) is 7.33. The predicted octanol–water partition coefficient (Wildman–Crippen LogP) is 1.08. The Balaban J connectivity index is 1.81. The lowest BCUT2D eigenvalue weighted by Crippen LogP contribution is -2.52. The zero-order chi connectivity index (χ0) is 16.3. The van der Waals surface area contributed by atoms with Crippen LogP contribution in [-0.2, 0) is 4.79 Å². The number of alkyl halides is 3. The van der Waals surface area contributed by atoms with Crippen LogP contribution in [0.1, 0.15) is 12.8 Å². The minimum absolute atomic E-state index is 0.0106. The van der Waals surface area contributed by atoms with Gasteiger partial charge in [-0.15, -0.1) is 0 Å². The fourth-order valence-electron chi connectivity index (χ4n) is 3.06. The van der Waals surface area contributed by atoms with Gasteiger partial charge in [0.1, 0.15) is 0 Å². The number of carboxylic acid groups (broad SMARTS) is 1. The average Bonchev–Trinajstić information content (AvgIpc) is 2.46. The highest BCUT2D eigenvalue weighted by molar-refractivity contribution is 5.81. The van der Waals surface area contributed by atoms with Crippen LogP contribution in [0.4, 0.5) is 18.0 Å². The van der Waals surface area contributed by atoms with Crippen LogP contribution in [0.5, 0.6) is 0 Å². The number of amides is 2. The fourth-order valence-corrected chi connectivity index (χ4v) is 3.06. The highest BCUT2D eigenvalue weighted by atomic mass is 19.4. The zero-order valence-corrected chi connectivity index (χ0v) is 12.2. The molecule has 0 saturated carbocycles. The number of hydrogen-bond acceptors (Lipinski definition) is 3. The van der Waals surface area contributed by atoms with Crippen LogP contribution in [0.2, 0.25) is 0 Å². The van der Waals surface area contributed by atoms with Crippen LogP contribution in [0, 0.1) is 5.92 Å². The first kappa shape index (κ1) is 16.9. The van der Waals surface area contributed by atoms with Gasteiger partial charge in [0.2, 0.25) is 0 Å². The van der Waals surface area contributed by atoms with E-state index in [4.69, 9.17) is 5.11 Å². The van der Waals surface area contributed by atoms with Gasteiger partial charge in [-0.3, -0.25) is 9.69 Å². The van der Waals surface area contributed by atoms with Crippen LogP contribution < -0.4 is 0 Å². The van der Waals surface area contributed by atoms with Gasteiger partial charge >= 0.3 is 18.2 Å². The molecule has 0 spiro atoms. The van der Waals surface area contributed by atoms with Gasteiger partial charge in [0.15, 0.2) is 0 Å². The first-order chi connectivity index (χ1) is 10.3. The smallest absolute Gasteiger partial charge is 0.465 e. The number of piperidine rings is 1. The van der Waals surface area contributed by atoms with E-state index in [0.29, 0.717) is 39.1 Å². The van der Waals surface area contributed by atoms with E-state index in [9.17, 15) is 22.8 Å². The molecule has 0 bridgehead atoms. The Bertz CT molecular complexity index is 422. The quantitative estimate of drug-likeness (QED) is 0.826. The summed E-state index contributed by atoms with van der Waals surface area (Å²) in [6, 6.07) is 0. The standard InChI is InChI=1S/C13H20F3N3O3/c14-13(15,16)11(20)19-3-1-2-10(9-19)8-17-4-6-18(7-5-17)12(21)22/h10H,1-9H2,(H,21,22). The molecule has 0 aromatic rings. The maximum Gasteiger partial charge on any atom is 0.471 e. The Hall–Kier alpha value is -1.51. The van der Waals surface area contributed by atoms with E-state index in [0.717, 1.165) is 11.3 Å². The number of piperazine rings is 1. The Morgan fingerprint density at radius 2 is 1.68 bits per heavy atom. The Kier molecular flexibility index (Phi) is 5.15. The molecule has 2 saturated heterocycles. The van der Waals surface area contributed by atoms with Crippen molar-refractivity contribution >= 4 is 12.0 Å². The van der Waals surface area contributed by atoms with E-state index in [1.807, 2.05) is 0 Å². The number of carbonyl (C=O) groups is 2. The summed E-state index contributed by atoms with van der Waals surface area (Å²) in [6.07, 6.45) is -4.39. The average molecular weight is 323 g/mol. The molecule has 2 amide bonds. The molecule has 6 nitrogen and oxygen atoms in total. The third-order valence-electron chi connectivity index (χ3n) is 4.21.